The molecule has 0 amide bonds. The van der Waals surface area contributed by atoms with E-state index in [0.29, 0.717) is 5.92 Å². The summed E-state index contributed by atoms with van der Waals surface area (Å²) in [6.07, 6.45) is 5.68. The first-order valence-corrected chi connectivity index (χ1v) is 5.82. The Bertz CT molecular complexity index is 301. The molecule has 1 aromatic rings. The number of hydrogen-bond acceptors (Lipinski definition) is 2. The Hall–Kier alpha value is -1.05. The lowest BCUT2D eigenvalue weighted by Crippen LogP contribution is -2.01. The molecule has 82 valence electrons. The molecule has 1 heterocycles. The zero-order valence-electron chi connectivity index (χ0n) is 9.57. The third kappa shape index (κ3) is 3.54. The molecule has 1 saturated carbocycles. The normalized spacial score (nSPS) is 15.7. The van der Waals surface area contributed by atoms with Crippen molar-refractivity contribution < 1.29 is 4.74 Å². The lowest BCUT2D eigenvalue weighted by atomic mass is 10.1. The largest absolute Gasteiger partial charge is 0.477 e. The van der Waals surface area contributed by atoms with E-state index >= 15 is 0 Å². The van der Waals surface area contributed by atoms with Gasteiger partial charge >= 0.3 is 0 Å². The highest BCUT2D eigenvalue weighted by Crippen LogP contribution is 2.29. The molecule has 0 unspecified atom stereocenters. The summed E-state index contributed by atoms with van der Waals surface area (Å²) < 4.78 is 5.58. The van der Waals surface area contributed by atoms with Crippen molar-refractivity contribution in [2.24, 2.45) is 11.8 Å². The van der Waals surface area contributed by atoms with Crippen molar-refractivity contribution in [2.45, 2.75) is 33.1 Å². The zero-order chi connectivity index (χ0) is 10.7. The van der Waals surface area contributed by atoms with Gasteiger partial charge in [0.2, 0.25) is 5.88 Å². The summed E-state index contributed by atoms with van der Waals surface area (Å²) in [5.41, 5.74) is 1.30. The minimum absolute atomic E-state index is 0.685. The zero-order valence-corrected chi connectivity index (χ0v) is 9.57. The average Bonchev–Trinajstić information content (AvgIpc) is 2.99. The Morgan fingerprint density at radius 3 is 2.73 bits per heavy atom. The predicted octanol–water partition coefficient (Wildman–Crippen LogP) is 3.07. The van der Waals surface area contributed by atoms with Crippen LogP contribution in [0.2, 0.25) is 0 Å². The smallest absolute Gasteiger partial charge is 0.213 e. The van der Waals surface area contributed by atoms with Crippen LogP contribution in [0, 0.1) is 11.8 Å². The van der Waals surface area contributed by atoms with Gasteiger partial charge in [0.15, 0.2) is 0 Å². The Labute approximate surface area is 91.7 Å². The van der Waals surface area contributed by atoms with E-state index in [4.69, 9.17) is 4.74 Å². The van der Waals surface area contributed by atoms with E-state index in [9.17, 15) is 0 Å². The fraction of sp³-hybridized carbons (Fsp3) is 0.615. The summed E-state index contributed by atoms with van der Waals surface area (Å²) in [7, 11) is 0. The van der Waals surface area contributed by atoms with E-state index in [0.717, 1.165) is 24.8 Å². The summed E-state index contributed by atoms with van der Waals surface area (Å²) in [5.74, 6) is 2.25. The van der Waals surface area contributed by atoms with Crippen molar-refractivity contribution in [2.75, 3.05) is 6.61 Å². The molecule has 1 aromatic heterocycles. The molecule has 15 heavy (non-hydrogen) atoms. The van der Waals surface area contributed by atoms with Gasteiger partial charge in [-0.05, 0) is 36.7 Å². The van der Waals surface area contributed by atoms with Crippen molar-refractivity contribution in [1.29, 1.82) is 0 Å². The number of ether oxygens (including phenoxy) is 1. The van der Waals surface area contributed by atoms with Gasteiger partial charge in [-0.15, -0.1) is 0 Å². The molecule has 1 fully saturated rings. The van der Waals surface area contributed by atoms with Crippen LogP contribution in [0.1, 0.15) is 32.3 Å². The van der Waals surface area contributed by atoms with E-state index in [1.807, 2.05) is 12.3 Å². The minimum atomic E-state index is 0.685. The number of pyridine rings is 1. The molecule has 0 saturated heterocycles. The summed E-state index contributed by atoms with van der Waals surface area (Å²) >= 11 is 0. The number of nitrogens with zero attached hydrogens (tertiary/aromatic N) is 1. The molecule has 0 bridgehead atoms. The third-order valence-electron chi connectivity index (χ3n) is 2.61. The molecule has 2 rings (SSSR count). The molecule has 1 aliphatic rings. The lowest BCUT2D eigenvalue weighted by Gasteiger charge is -2.06. The average molecular weight is 205 g/mol. The van der Waals surface area contributed by atoms with Crippen molar-refractivity contribution in [3.05, 3.63) is 23.9 Å². The monoisotopic (exact) mass is 205 g/mol. The maximum Gasteiger partial charge on any atom is 0.213 e. The molecule has 2 nitrogen and oxygen atoms in total. The van der Waals surface area contributed by atoms with Crippen LogP contribution in [-0.4, -0.2) is 11.6 Å². The van der Waals surface area contributed by atoms with E-state index < -0.39 is 0 Å². The number of hydrogen-bond donors (Lipinski definition) is 0. The molecular weight excluding hydrogens is 186 g/mol. The Balaban J connectivity index is 1.85. The van der Waals surface area contributed by atoms with Crippen molar-refractivity contribution in [3.63, 3.8) is 0 Å². The van der Waals surface area contributed by atoms with Gasteiger partial charge in [-0.2, -0.15) is 0 Å². The van der Waals surface area contributed by atoms with Crippen LogP contribution in [-0.2, 0) is 6.42 Å². The highest BCUT2D eigenvalue weighted by molar-refractivity contribution is 5.18. The van der Waals surface area contributed by atoms with Gasteiger partial charge in [0.1, 0.15) is 0 Å². The topological polar surface area (TPSA) is 22.1 Å². The second kappa shape index (κ2) is 4.65. The highest BCUT2D eigenvalue weighted by Gasteiger charge is 2.21. The van der Waals surface area contributed by atoms with Crippen LogP contribution in [0.4, 0.5) is 0 Å². The first-order chi connectivity index (χ1) is 7.24. The van der Waals surface area contributed by atoms with Crippen LogP contribution in [0.25, 0.3) is 0 Å². The lowest BCUT2D eigenvalue weighted by molar-refractivity contribution is 0.288. The second-order valence-corrected chi connectivity index (χ2v) is 4.86. The summed E-state index contributed by atoms with van der Waals surface area (Å²) in [4.78, 5) is 4.31. The molecule has 0 radical (unpaired) electrons. The van der Waals surface area contributed by atoms with Crippen LogP contribution in [0.3, 0.4) is 0 Å². The van der Waals surface area contributed by atoms with Crippen LogP contribution >= 0.6 is 0 Å². The first-order valence-electron chi connectivity index (χ1n) is 5.82. The molecule has 2 heteroatoms. The molecule has 0 atom stereocenters. The molecule has 0 spiro atoms. The van der Waals surface area contributed by atoms with E-state index in [2.05, 4.69) is 24.9 Å². The van der Waals surface area contributed by atoms with Gasteiger partial charge in [-0.3, -0.25) is 0 Å². The Morgan fingerprint density at radius 1 is 1.40 bits per heavy atom. The summed E-state index contributed by atoms with van der Waals surface area (Å²) in [6, 6.07) is 4.11. The molecule has 0 N–H and O–H groups in total. The first kappa shape index (κ1) is 10.5. The highest BCUT2D eigenvalue weighted by atomic mass is 16.5. The third-order valence-corrected chi connectivity index (χ3v) is 2.61. The van der Waals surface area contributed by atoms with E-state index in [-0.39, 0.29) is 0 Å². The summed E-state index contributed by atoms with van der Waals surface area (Å²) in [5, 5.41) is 0. The van der Waals surface area contributed by atoms with Crippen LogP contribution in [0.5, 0.6) is 5.88 Å². The maximum absolute atomic E-state index is 5.58. The van der Waals surface area contributed by atoms with Gasteiger partial charge in [-0.1, -0.05) is 19.9 Å². The fourth-order valence-corrected chi connectivity index (χ4v) is 1.58. The van der Waals surface area contributed by atoms with Gasteiger partial charge in [0.25, 0.3) is 0 Å². The predicted molar refractivity (Wildman–Crippen MR) is 61.0 cm³/mol. The van der Waals surface area contributed by atoms with Crippen LogP contribution < -0.4 is 4.74 Å². The quantitative estimate of drug-likeness (QED) is 0.737. The Kier molecular flexibility index (Phi) is 3.24. The standard InChI is InChI=1S/C13H19NO/c1-10(2)7-12-5-6-13(14-8-12)15-9-11-3-4-11/h5-6,8,10-11H,3-4,7,9H2,1-2H3. The second-order valence-electron chi connectivity index (χ2n) is 4.86. The van der Waals surface area contributed by atoms with Gasteiger partial charge in [0, 0.05) is 12.3 Å². The summed E-state index contributed by atoms with van der Waals surface area (Å²) in [6.45, 7) is 5.28. The van der Waals surface area contributed by atoms with E-state index in [1.54, 1.807) is 0 Å². The fourth-order valence-electron chi connectivity index (χ4n) is 1.58. The van der Waals surface area contributed by atoms with Gasteiger partial charge < -0.3 is 4.74 Å². The van der Waals surface area contributed by atoms with Crippen molar-refractivity contribution in [3.8, 4) is 5.88 Å². The molecule has 0 aromatic carbocycles. The SMILES string of the molecule is CC(C)Cc1ccc(OCC2CC2)nc1. The molecular formula is C13H19NO. The molecule has 0 aliphatic heterocycles. The van der Waals surface area contributed by atoms with Crippen LogP contribution in [0.15, 0.2) is 18.3 Å². The number of rotatable bonds is 5. The number of aromatic nitrogens is 1. The Morgan fingerprint density at radius 2 is 2.20 bits per heavy atom. The van der Waals surface area contributed by atoms with Crippen molar-refractivity contribution in [1.82, 2.24) is 4.98 Å². The molecule has 1 aliphatic carbocycles. The van der Waals surface area contributed by atoms with E-state index in [1.165, 1.54) is 18.4 Å². The van der Waals surface area contributed by atoms with Crippen molar-refractivity contribution >= 4 is 0 Å². The van der Waals surface area contributed by atoms with Gasteiger partial charge in [-0.25, -0.2) is 4.98 Å². The minimum Gasteiger partial charge on any atom is -0.477 e. The maximum atomic E-state index is 5.58. The van der Waals surface area contributed by atoms with Gasteiger partial charge in [0.05, 0.1) is 6.61 Å².